The van der Waals surface area contributed by atoms with Crippen molar-refractivity contribution in [2.24, 2.45) is 0 Å². The molecule has 0 spiro atoms. The van der Waals surface area contributed by atoms with Gasteiger partial charge in [0.25, 0.3) is 5.56 Å². The van der Waals surface area contributed by atoms with E-state index in [9.17, 15) is 9.59 Å². The van der Waals surface area contributed by atoms with Crippen LogP contribution in [0, 0.1) is 11.5 Å². The molecule has 0 fully saturated rings. The maximum Gasteiger partial charge on any atom is 0.325 e. The normalized spacial score (nSPS) is 10.5. The Morgan fingerprint density at radius 2 is 1.93 bits per heavy atom. The Morgan fingerprint density at radius 1 is 1.29 bits per heavy atom. The Kier molecular flexibility index (Phi) is 2.77. The number of aromatic amines is 2. The third-order valence-corrected chi connectivity index (χ3v) is 2.27. The first-order valence-electron chi connectivity index (χ1n) is 4.24. The van der Waals surface area contributed by atoms with Gasteiger partial charge in [0.05, 0.1) is 0 Å². The molecule has 0 unspecified atom stereocenters. The zero-order valence-electron chi connectivity index (χ0n) is 8.39. The van der Waals surface area contributed by atoms with Gasteiger partial charge >= 0.3 is 5.69 Å². The molecule has 4 nitrogen and oxygen atoms in total. The molecular formula is C9H12N2O2Si. The molecule has 1 aromatic rings. The number of nitrogens with one attached hydrogen (secondary N) is 2. The molecule has 1 aromatic heterocycles. The monoisotopic (exact) mass is 208 g/mol. The predicted molar refractivity (Wildman–Crippen MR) is 57.9 cm³/mol. The summed E-state index contributed by atoms with van der Waals surface area (Å²) in [5.41, 5.74) is 2.42. The van der Waals surface area contributed by atoms with Crippen molar-refractivity contribution in [1.29, 1.82) is 0 Å². The lowest BCUT2D eigenvalue weighted by Gasteiger charge is -2.02. The van der Waals surface area contributed by atoms with Crippen molar-refractivity contribution in [2.45, 2.75) is 19.6 Å². The molecule has 1 rings (SSSR count). The molecule has 0 saturated carbocycles. The molecular weight excluding hydrogens is 196 g/mol. The lowest BCUT2D eigenvalue weighted by Crippen LogP contribution is -2.24. The number of H-pyrrole nitrogens is 2. The van der Waals surface area contributed by atoms with Crippen LogP contribution in [-0.4, -0.2) is 18.0 Å². The van der Waals surface area contributed by atoms with Gasteiger partial charge in [-0.1, -0.05) is 25.6 Å². The first kappa shape index (κ1) is 10.5. The number of rotatable bonds is 0. The summed E-state index contributed by atoms with van der Waals surface area (Å²) in [4.78, 5) is 26.4. The molecule has 0 aliphatic heterocycles. The average Bonchev–Trinajstić information content (AvgIpc) is 2.00. The second-order valence-electron chi connectivity index (χ2n) is 3.99. The van der Waals surface area contributed by atoms with Crippen LogP contribution in [0.2, 0.25) is 19.6 Å². The van der Waals surface area contributed by atoms with E-state index in [-0.39, 0.29) is 0 Å². The highest BCUT2D eigenvalue weighted by Gasteiger charge is 2.07. The van der Waals surface area contributed by atoms with Crippen LogP contribution in [0.15, 0.2) is 15.8 Å². The summed E-state index contributed by atoms with van der Waals surface area (Å²) < 4.78 is 0. The molecule has 0 amide bonds. The van der Waals surface area contributed by atoms with Crippen molar-refractivity contribution in [2.75, 3.05) is 0 Å². The zero-order chi connectivity index (χ0) is 10.8. The van der Waals surface area contributed by atoms with Crippen molar-refractivity contribution < 1.29 is 0 Å². The highest BCUT2D eigenvalue weighted by Crippen LogP contribution is 1.96. The van der Waals surface area contributed by atoms with Crippen molar-refractivity contribution in [3.05, 3.63) is 32.6 Å². The first-order valence-corrected chi connectivity index (χ1v) is 7.74. The van der Waals surface area contributed by atoms with Crippen LogP contribution in [0.1, 0.15) is 5.56 Å². The van der Waals surface area contributed by atoms with Gasteiger partial charge in [0.15, 0.2) is 0 Å². The molecule has 0 bridgehead atoms. The topological polar surface area (TPSA) is 65.7 Å². The molecule has 0 radical (unpaired) electrons. The SMILES string of the molecule is C[Si](C)(C)C#Cc1c[nH]c(=O)[nH]c1=O. The van der Waals surface area contributed by atoms with Crippen LogP contribution in [-0.2, 0) is 0 Å². The summed E-state index contributed by atoms with van der Waals surface area (Å²) in [6, 6.07) is 0. The number of hydrogen-bond donors (Lipinski definition) is 2. The summed E-state index contributed by atoms with van der Waals surface area (Å²) in [6.07, 6.45) is 1.34. The lowest BCUT2D eigenvalue weighted by molar-refractivity contribution is 1.03. The zero-order valence-corrected chi connectivity index (χ0v) is 9.39. The van der Waals surface area contributed by atoms with Crippen LogP contribution in [0.25, 0.3) is 0 Å². The quantitative estimate of drug-likeness (QED) is 0.475. The first-order chi connectivity index (χ1) is 6.38. The Morgan fingerprint density at radius 3 is 2.43 bits per heavy atom. The van der Waals surface area contributed by atoms with E-state index in [1.54, 1.807) is 0 Å². The maximum absolute atomic E-state index is 11.2. The van der Waals surface area contributed by atoms with Crippen molar-refractivity contribution in [3.63, 3.8) is 0 Å². The standard InChI is InChI=1S/C9H12N2O2Si/c1-14(2,3)5-4-7-6-10-9(13)11-8(7)12/h6H,1-3H3,(H2,10,11,12,13). The Hall–Kier alpha value is -1.54. The van der Waals surface area contributed by atoms with Gasteiger partial charge in [0.1, 0.15) is 13.6 Å². The van der Waals surface area contributed by atoms with Gasteiger partial charge in [0.2, 0.25) is 0 Å². The van der Waals surface area contributed by atoms with E-state index in [0.29, 0.717) is 5.56 Å². The third kappa shape index (κ3) is 3.07. The molecule has 0 aliphatic rings. The van der Waals surface area contributed by atoms with Crippen LogP contribution < -0.4 is 11.2 Å². The second-order valence-corrected chi connectivity index (χ2v) is 8.74. The predicted octanol–water partition coefficient (Wildman–Crippen LogP) is 0.292. The smallest absolute Gasteiger partial charge is 0.313 e. The summed E-state index contributed by atoms with van der Waals surface area (Å²) in [5, 5.41) is 0. The van der Waals surface area contributed by atoms with E-state index in [1.807, 2.05) is 0 Å². The van der Waals surface area contributed by atoms with Gasteiger partial charge < -0.3 is 4.98 Å². The summed E-state index contributed by atoms with van der Waals surface area (Å²) >= 11 is 0. The Bertz CT molecular complexity index is 496. The minimum absolute atomic E-state index is 0.312. The molecule has 0 aromatic carbocycles. The largest absolute Gasteiger partial charge is 0.325 e. The molecule has 5 heteroatoms. The minimum atomic E-state index is -1.48. The van der Waals surface area contributed by atoms with Gasteiger partial charge in [-0.05, 0) is 0 Å². The van der Waals surface area contributed by atoms with Gasteiger partial charge in [-0.15, -0.1) is 5.54 Å². The number of aromatic nitrogens is 2. The average molecular weight is 208 g/mol. The summed E-state index contributed by atoms with van der Waals surface area (Å²) in [5.74, 6) is 2.78. The van der Waals surface area contributed by atoms with E-state index < -0.39 is 19.3 Å². The van der Waals surface area contributed by atoms with E-state index >= 15 is 0 Å². The number of hydrogen-bond acceptors (Lipinski definition) is 2. The van der Waals surface area contributed by atoms with Gasteiger partial charge in [0, 0.05) is 6.20 Å². The van der Waals surface area contributed by atoms with Crippen LogP contribution in [0.3, 0.4) is 0 Å². The maximum atomic E-state index is 11.2. The van der Waals surface area contributed by atoms with E-state index in [4.69, 9.17) is 0 Å². The van der Waals surface area contributed by atoms with Crippen LogP contribution in [0.5, 0.6) is 0 Å². The van der Waals surface area contributed by atoms with Gasteiger partial charge in [-0.25, -0.2) is 4.79 Å². The van der Waals surface area contributed by atoms with E-state index in [2.05, 4.69) is 41.1 Å². The lowest BCUT2D eigenvalue weighted by atomic mass is 10.4. The molecule has 1 heterocycles. The van der Waals surface area contributed by atoms with E-state index in [1.165, 1.54) is 6.20 Å². The van der Waals surface area contributed by atoms with Crippen molar-refractivity contribution in [1.82, 2.24) is 9.97 Å². The molecule has 2 N–H and O–H groups in total. The molecule has 0 aliphatic carbocycles. The van der Waals surface area contributed by atoms with Crippen LogP contribution >= 0.6 is 0 Å². The fourth-order valence-corrected chi connectivity index (χ4v) is 1.27. The molecule has 0 saturated heterocycles. The van der Waals surface area contributed by atoms with Gasteiger partial charge in [-0.2, -0.15) is 0 Å². The molecule has 14 heavy (non-hydrogen) atoms. The fourth-order valence-electron chi connectivity index (χ4n) is 0.757. The van der Waals surface area contributed by atoms with Crippen molar-refractivity contribution >= 4 is 8.07 Å². The molecule has 74 valence electrons. The highest BCUT2D eigenvalue weighted by molar-refractivity contribution is 6.83. The molecule has 0 atom stereocenters. The van der Waals surface area contributed by atoms with E-state index in [0.717, 1.165) is 0 Å². The fraction of sp³-hybridized carbons (Fsp3) is 0.333. The Labute approximate surface area is 82.4 Å². The second kappa shape index (κ2) is 3.68. The summed E-state index contributed by atoms with van der Waals surface area (Å²) in [6.45, 7) is 6.25. The van der Waals surface area contributed by atoms with Crippen LogP contribution in [0.4, 0.5) is 0 Å². The third-order valence-electron chi connectivity index (χ3n) is 1.39. The highest BCUT2D eigenvalue weighted by atomic mass is 28.3. The van der Waals surface area contributed by atoms with Gasteiger partial charge in [-0.3, -0.25) is 9.78 Å². The summed E-state index contributed by atoms with van der Waals surface area (Å²) in [7, 11) is -1.48. The minimum Gasteiger partial charge on any atom is -0.313 e. The Balaban J connectivity index is 3.15. The van der Waals surface area contributed by atoms with Crippen molar-refractivity contribution in [3.8, 4) is 11.5 Å².